The van der Waals surface area contributed by atoms with Crippen LogP contribution < -0.4 is 14.8 Å². The van der Waals surface area contributed by atoms with Crippen LogP contribution in [0.5, 0.6) is 11.5 Å². The Labute approximate surface area is 178 Å². The zero-order chi connectivity index (χ0) is 21.1. The maximum atomic E-state index is 12.7. The largest absolute Gasteiger partial charge is 0.493 e. The van der Waals surface area contributed by atoms with Crippen molar-refractivity contribution in [2.24, 2.45) is 0 Å². The molecular formula is C20H19N4O4S2+. The highest BCUT2D eigenvalue weighted by Crippen LogP contribution is 2.33. The van der Waals surface area contributed by atoms with Crippen molar-refractivity contribution in [2.45, 2.75) is 4.21 Å². The Balaban J connectivity index is 1.58. The van der Waals surface area contributed by atoms with Gasteiger partial charge in [0, 0.05) is 24.0 Å². The van der Waals surface area contributed by atoms with Gasteiger partial charge in [-0.05, 0) is 36.4 Å². The first-order valence-electron chi connectivity index (χ1n) is 8.95. The molecule has 0 bridgehead atoms. The van der Waals surface area contributed by atoms with Crippen molar-refractivity contribution in [1.29, 1.82) is 0 Å². The molecule has 0 fully saturated rings. The van der Waals surface area contributed by atoms with Crippen LogP contribution in [0, 0.1) is 0 Å². The number of allylic oxidation sites excluding steroid dienone is 1. The molecular weight excluding hydrogens is 424 g/mol. The van der Waals surface area contributed by atoms with Crippen molar-refractivity contribution in [3.8, 4) is 22.1 Å². The third-order valence-corrected chi connectivity index (χ3v) is 7.68. The monoisotopic (exact) mass is 443 g/mol. The summed E-state index contributed by atoms with van der Waals surface area (Å²) in [5.41, 5.74) is 1.36. The fourth-order valence-electron chi connectivity index (χ4n) is 2.87. The molecule has 1 aliphatic rings. The maximum absolute atomic E-state index is 12.7. The van der Waals surface area contributed by atoms with Crippen molar-refractivity contribution in [3.63, 3.8) is 0 Å². The summed E-state index contributed by atoms with van der Waals surface area (Å²) in [5, 5.41) is 3.13. The number of benzene rings is 1. The highest BCUT2D eigenvalue weighted by atomic mass is 32.2. The summed E-state index contributed by atoms with van der Waals surface area (Å²) < 4.78 is 37.5. The van der Waals surface area contributed by atoms with Crippen LogP contribution in [0.4, 0.5) is 11.6 Å². The number of sulfonamides is 1. The number of nitrogens with one attached hydrogen (secondary N) is 1. The summed E-state index contributed by atoms with van der Waals surface area (Å²) >= 11 is 1.17. The minimum absolute atomic E-state index is 0.269. The van der Waals surface area contributed by atoms with E-state index in [1.165, 1.54) is 15.3 Å². The van der Waals surface area contributed by atoms with Crippen LogP contribution in [0.3, 0.4) is 0 Å². The molecule has 0 unspecified atom stereocenters. The molecule has 154 valence electrons. The Morgan fingerprint density at radius 1 is 1.10 bits per heavy atom. The number of aromatic nitrogens is 2. The Bertz CT molecular complexity index is 1250. The molecule has 3 aromatic rings. The number of anilines is 2. The standard InChI is InChI=1S/C20H19N4O4S2/c1-27-16-6-5-14(13-17(16)28-2)22-20-21-10-9-15(23-20)18-7-8-19(29-18)30(25,26)24-11-3-4-12-24/h3-11,13H,12H2,1-2H3,(H,21,22,23)/q+1. The van der Waals surface area contributed by atoms with E-state index in [9.17, 15) is 8.42 Å². The fraction of sp³-hybridized carbons (Fsp3) is 0.150. The normalized spacial score (nSPS) is 13.2. The van der Waals surface area contributed by atoms with E-state index in [0.717, 1.165) is 10.6 Å². The molecule has 0 aliphatic carbocycles. The van der Waals surface area contributed by atoms with Crippen LogP contribution in [0.2, 0.25) is 0 Å². The second-order valence-corrected chi connectivity index (χ2v) is 9.43. The molecule has 2 aromatic heterocycles. The molecule has 0 amide bonds. The third-order valence-electron chi connectivity index (χ3n) is 4.37. The quantitative estimate of drug-likeness (QED) is 0.560. The van der Waals surface area contributed by atoms with E-state index in [1.54, 1.807) is 69.1 Å². The van der Waals surface area contributed by atoms with Gasteiger partial charge in [-0.1, -0.05) is 0 Å². The molecule has 10 heteroatoms. The minimum atomic E-state index is -3.55. The number of rotatable bonds is 7. The minimum Gasteiger partial charge on any atom is -0.493 e. The van der Waals surface area contributed by atoms with Gasteiger partial charge in [0.05, 0.1) is 24.8 Å². The lowest BCUT2D eigenvalue weighted by Crippen LogP contribution is -2.18. The average Bonchev–Trinajstić information content (AvgIpc) is 3.47. The first kappa shape index (κ1) is 20.0. The molecule has 4 rings (SSSR count). The summed E-state index contributed by atoms with van der Waals surface area (Å²) in [6.45, 7) is 0.350. The zero-order valence-electron chi connectivity index (χ0n) is 16.3. The predicted octanol–water partition coefficient (Wildman–Crippen LogP) is 3.31. The molecule has 0 atom stereocenters. The second kappa shape index (κ2) is 8.25. The highest BCUT2D eigenvalue weighted by molar-refractivity contribution is 7.87. The molecule has 0 saturated carbocycles. The van der Waals surface area contributed by atoms with E-state index in [2.05, 4.69) is 15.3 Å². The number of hydrogen-bond acceptors (Lipinski definition) is 8. The van der Waals surface area contributed by atoms with E-state index in [4.69, 9.17) is 9.47 Å². The van der Waals surface area contributed by atoms with Crippen molar-refractivity contribution in [2.75, 3.05) is 26.1 Å². The lowest BCUT2D eigenvalue weighted by molar-refractivity contribution is -0.342. The average molecular weight is 444 g/mol. The van der Waals surface area contributed by atoms with Gasteiger partial charge in [0.25, 0.3) is 0 Å². The lowest BCUT2D eigenvalue weighted by atomic mass is 10.2. The Morgan fingerprint density at radius 2 is 1.93 bits per heavy atom. The zero-order valence-corrected chi connectivity index (χ0v) is 17.9. The molecule has 3 heterocycles. The van der Waals surface area contributed by atoms with Crippen molar-refractivity contribution in [3.05, 3.63) is 54.7 Å². The van der Waals surface area contributed by atoms with E-state index < -0.39 is 10.0 Å². The van der Waals surface area contributed by atoms with Crippen molar-refractivity contribution >= 4 is 39.2 Å². The number of ether oxygens (including phenoxy) is 2. The Hall–Kier alpha value is -3.24. The molecule has 1 aliphatic heterocycles. The maximum Gasteiger partial charge on any atom is 0.404 e. The van der Waals surface area contributed by atoms with Gasteiger partial charge in [0.15, 0.2) is 28.5 Å². The van der Waals surface area contributed by atoms with Crippen molar-refractivity contribution < 1.29 is 21.9 Å². The van der Waals surface area contributed by atoms with Gasteiger partial charge < -0.3 is 14.8 Å². The molecule has 0 saturated heterocycles. The lowest BCUT2D eigenvalue weighted by Gasteiger charge is -2.10. The van der Waals surface area contributed by atoms with E-state index in [-0.39, 0.29) is 4.21 Å². The van der Waals surface area contributed by atoms with Gasteiger partial charge >= 0.3 is 10.0 Å². The van der Waals surface area contributed by atoms with Gasteiger partial charge in [-0.15, -0.1) is 15.3 Å². The van der Waals surface area contributed by atoms with Crippen LogP contribution in [-0.4, -0.2) is 49.3 Å². The molecule has 30 heavy (non-hydrogen) atoms. The van der Waals surface area contributed by atoms with Crippen LogP contribution >= 0.6 is 11.3 Å². The molecule has 1 aromatic carbocycles. The number of hydrogen-bond donors (Lipinski definition) is 1. The summed E-state index contributed by atoms with van der Waals surface area (Å²) in [6, 6.07) is 10.5. The number of nitrogens with zero attached hydrogens (tertiary/aromatic N) is 3. The second-order valence-electron chi connectivity index (χ2n) is 6.23. The van der Waals surface area contributed by atoms with Gasteiger partial charge in [-0.2, -0.15) is 8.42 Å². The van der Waals surface area contributed by atoms with Crippen LogP contribution in [0.1, 0.15) is 0 Å². The summed E-state index contributed by atoms with van der Waals surface area (Å²) in [7, 11) is -0.409. The molecule has 0 radical (unpaired) electrons. The topological polar surface area (TPSA) is 93.4 Å². The molecule has 1 N–H and O–H groups in total. The Kier molecular flexibility index (Phi) is 5.51. The van der Waals surface area contributed by atoms with E-state index >= 15 is 0 Å². The Morgan fingerprint density at radius 3 is 2.67 bits per heavy atom. The van der Waals surface area contributed by atoms with Gasteiger partial charge in [-0.25, -0.2) is 9.97 Å². The van der Waals surface area contributed by atoms with Gasteiger partial charge in [0.2, 0.25) is 5.95 Å². The number of thiophene rings is 1. The molecule has 8 nitrogen and oxygen atoms in total. The SMILES string of the molecule is COc1ccc(Nc2nccc(-c3ccc(S(=O)(=O)[N+]4=CC=CC4)s3)n2)cc1OC. The van der Waals surface area contributed by atoms with Crippen LogP contribution in [0.25, 0.3) is 10.6 Å². The fourth-order valence-corrected chi connectivity index (χ4v) is 5.54. The first-order valence-corrected chi connectivity index (χ1v) is 11.2. The first-order chi connectivity index (χ1) is 14.5. The van der Waals surface area contributed by atoms with Crippen LogP contribution in [0.15, 0.2) is 59.0 Å². The summed E-state index contributed by atoms with van der Waals surface area (Å²) in [6.07, 6.45) is 6.70. The number of methoxy groups -OCH3 is 2. The third kappa shape index (κ3) is 3.91. The van der Waals surface area contributed by atoms with Gasteiger partial charge in [-0.3, -0.25) is 0 Å². The highest BCUT2D eigenvalue weighted by Gasteiger charge is 2.30. The molecule has 0 spiro atoms. The predicted molar refractivity (Wildman–Crippen MR) is 116 cm³/mol. The van der Waals surface area contributed by atoms with E-state index in [1.807, 2.05) is 6.07 Å². The van der Waals surface area contributed by atoms with E-state index in [0.29, 0.717) is 29.7 Å². The van der Waals surface area contributed by atoms with Crippen LogP contribution in [-0.2, 0) is 10.0 Å². The van der Waals surface area contributed by atoms with Gasteiger partial charge in [0.1, 0.15) is 0 Å². The summed E-state index contributed by atoms with van der Waals surface area (Å²) in [5.74, 6) is 1.59. The smallest absolute Gasteiger partial charge is 0.404 e. The van der Waals surface area contributed by atoms with Crippen molar-refractivity contribution in [1.82, 2.24) is 9.97 Å². The summed E-state index contributed by atoms with van der Waals surface area (Å²) in [4.78, 5) is 9.50.